The van der Waals surface area contributed by atoms with Gasteiger partial charge in [-0.15, -0.1) is 5.10 Å². The van der Waals surface area contributed by atoms with Crippen LogP contribution in [0.15, 0.2) is 48.5 Å². The number of aryl methyl sites for hydroxylation is 1. The Bertz CT molecular complexity index is 1010. The van der Waals surface area contributed by atoms with Crippen molar-refractivity contribution >= 4 is 17.6 Å². The van der Waals surface area contributed by atoms with Gasteiger partial charge < -0.3 is 14.8 Å². The summed E-state index contributed by atoms with van der Waals surface area (Å²) in [6, 6.07) is 14.3. The topological polar surface area (TPSA) is 95.3 Å². The zero-order valence-electron chi connectivity index (χ0n) is 15.8. The monoisotopic (exact) mass is 380 g/mol. The first kappa shape index (κ1) is 19.2. The summed E-state index contributed by atoms with van der Waals surface area (Å²) < 4.78 is 11.6. The molecule has 0 atom stereocenters. The SMILES string of the molecule is COCc1c(C(=O)Nc2ccccc2C(=O)OC)nnn1-c1cccc(C)c1. The van der Waals surface area contributed by atoms with Crippen molar-refractivity contribution in [2.24, 2.45) is 0 Å². The number of carbonyl (C=O) groups excluding carboxylic acids is 2. The normalized spacial score (nSPS) is 10.5. The highest BCUT2D eigenvalue weighted by molar-refractivity contribution is 6.07. The maximum Gasteiger partial charge on any atom is 0.339 e. The third-order valence-corrected chi connectivity index (χ3v) is 4.09. The van der Waals surface area contributed by atoms with E-state index in [1.807, 2.05) is 31.2 Å². The van der Waals surface area contributed by atoms with Gasteiger partial charge in [0.15, 0.2) is 5.69 Å². The molecule has 0 aliphatic rings. The number of hydrogen-bond acceptors (Lipinski definition) is 6. The van der Waals surface area contributed by atoms with E-state index < -0.39 is 11.9 Å². The minimum Gasteiger partial charge on any atom is -0.465 e. The first-order valence-electron chi connectivity index (χ1n) is 8.54. The summed E-state index contributed by atoms with van der Waals surface area (Å²) in [5, 5.41) is 10.9. The van der Waals surface area contributed by atoms with E-state index in [9.17, 15) is 9.59 Å². The quantitative estimate of drug-likeness (QED) is 0.661. The predicted octanol–water partition coefficient (Wildman–Crippen LogP) is 2.76. The van der Waals surface area contributed by atoms with Crippen molar-refractivity contribution in [1.82, 2.24) is 15.0 Å². The Balaban J connectivity index is 1.96. The van der Waals surface area contributed by atoms with Crippen LogP contribution in [0, 0.1) is 6.92 Å². The fourth-order valence-corrected chi connectivity index (χ4v) is 2.77. The average molecular weight is 380 g/mol. The number of aromatic nitrogens is 3. The van der Waals surface area contributed by atoms with Crippen LogP contribution >= 0.6 is 0 Å². The molecule has 0 aliphatic carbocycles. The molecule has 8 nitrogen and oxygen atoms in total. The number of benzene rings is 2. The maximum atomic E-state index is 12.8. The molecule has 0 fully saturated rings. The van der Waals surface area contributed by atoms with Crippen molar-refractivity contribution in [3.05, 3.63) is 71.0 Å². The van der Waals surface area contributed by atoms with E-state index in [1.165, 1.54) is 14.2 Å². The van der Waals surface area contributed by atoms with Crippen molar-refractivity contribution < 1.29 is 19.1 Å². The first-order valence-corrected chi connectivity index (χ1v) is 8.54. The van der Waals surface area contributed by atoms with Crippen LogP contribution in [0.1, 0.15) is 32.1 Å². The highest BCUT2D eigenvalue weighted by Crippen LogP contribution is 2.20. The molecular formula is C20H20N4O4. The fraction of sp³-hybridized carbons (Fsp3) is 0.200. The van der Waals surface area contributed by atoms with Crippen molar-refractivity contribution in [3.63, 3.8) is 0 Å². The smallest absolute Gasteiger partial charge is 0.339 e. The van der Waals surface area contributed by atoms with Crippen LogP contribution in [0.3, 0.4) is 0 Å². The number of rotatable bonds is 6. The van der Waals surface area contributed by atoms with Gasteiger partial charge in [-0.25, -0.2) is 9.48 Å². The number of hydrogen-bond donors (Lipinski definition) is 1. The lowest BCUT2D eigenvalue weighted by Gasteiger charge is -2.10. The van der Waals surface area contributed by atoms with Crippen LogP contribution in [-0.2, 0) is 16.1 Å². The molecule has 2 aromatic carbocycles. The molecule has 1 heterocycles. The number of methoxy groups -OCH3 is 2. The Labute approximate surface area is 162 Å². The van der Waals surface area contributed by atoms with E-state index in [0.717, 1.165) is 11.3 Å². The zero-order chi connectivity index (χ0) is 20.1. The summed E-state index contributed by atoms with van der Waals surface area (Å²) in [5.41, 5.74) is 3.01. The number of carbonyl (C=O) groups is 2. The van der Waals surface area contributed by atoms with Gasteiger partial charge in [0.1, 0.15) is 5.69 Å². The van der Waals surface area contributed by atoms with Gasteiger partial charge >= 0.3 is 5.97 Å². The minimum atomic E-state index is -0.545. The summed E-state index contributed by atoms with van der Waals surface area (Å²) in [6.45, 7) is 2.11. The van der Waals surface area contributed by atoms with Gasteiger partial charge in [0.25, 0.3) is 5.91 Å². The Morgan fingerprint density at radius 2 is 1.89 bits per heavy atom. The Morgan fingerprint density at radius 1 is 1.11 bits per heavy atom. The standard InChI is InChI=1S/C20H20N4O4/c1-13-7-6-8-14(11-13)24-17(12-27-2)18(22-23-24)19(25)21-16-10-5-4-9-15(16)20(26)28-3/h4-11H,12H2,1-3H3,(H,21,25). The van der Waals surface area contributed by atoms with Gasteiger partial charge in [0.2, 0.25) is 0 Å². The molecule has 28 heavy (non-hydrogen) atoms. The van der Waals surface area contributed by atoms with Gasteiger partial charge in [-0.05, 0) is 36.8 Å². The molecule has 3 aromatic rings. The third-order valence-electron chi connectivity index (χ3n) is 4.09. The molecule has 0 bridgehead atoms. The van der Waals surface area contributed by atoms with Crippen LogP contribution in [-0.4, -0.2) is 41.1 Å². The molecule has 1 aromatic heterocycles. The van der Waals surface area contributed by atoms with Crippen molar-refractivity contribution in [2.45, 2.75) is 13.5 Å². The number of amides is 1. The van der Waals surface area contributed by atoms with E-state index in [2.05, 4.69) is 15.6 Å². The van der Waals surface area contributed by atoms with Crippen molar-refractivity contribution in [3.8, 4) is 5.69 Å². The van der Waals surface area contributed by atoms with Crippen molar-refractivity contribution in [2.75, 3.05) is 19.5 Å². The number of anilines is 1. The lowest BCUT2D eigenvalue weighted by Crippen LogP contribution is -2.18. The Hall–Kier alpha value is -3.52. The van der Waals surface area contributed by atoms with Gasteiger partial charge in [-0.3, -0.25) is 4.79 Å². The number of para-hydroxylation sites is 1. The molecule has 0 radical (unpaired) electrons. The van der Waals surface area contributed by atoms with Crippen LogP contribution in [0.5, 0.6) is 0 Å². The van der Waals surface area contributed by atoms with E-state index in [1.54, 1.807) is 28.9 Å². The van der Waals surface area contributed by atoms with E-state index in [0.29, 0.717) is 11.4 Å². The summed E-state index contributed by atoms with van der Waals surface area (Å²) in [5.74, 6) is -1.04. The summed E-state index contributed by atoms with van der Waals surface area (Å²) in [6.07, 6.45) is 0. The van der Waals surface area contributed by atoms with Crippen LogP contribution < -0.4 is 5.32 Å². The third kappa shape index (κ3) is 3.91. The van der Waals surface area contributed by atoms with E-state index in [4.69, 9.17) is 9.47 Å². The molecule has 0 aliphatic heterocycles. The Morgan fingerprint density at radius 3 is 2.61 bits per heavy atom. The highest BCUT2D eigenvalue weighted by Gasteiger charge is 2.22. The number of nitrogens with zero attached hydrogens (tertiary/aromatic N) is 3. The lowest BCUT2D eigenvalue weighted by atomic mass is 10.1. The number of esters is 1. The van der Waals surface area contributed by atoms with E-state index in [-0.39, 0.29) is 17.9 Å². The molecule has 3 rings (SSSR count). The van der Waals surface area contributed by atoms with Gasteiger partial charge in [0, 0.05) is 7.11 Å². The summed E-state index contributed by atoms with van der Waals surface area (Å²) in [4.78, 5) is 24.8. The van der Waals surface area contributed by atoms with Gasteiger partial charge in [-0.2, -0.15) is 0 Å². The Kier molecular flexibility index (Phi) is 5.81. The minimum absolute atomic E-state index is 0.114. The first-order chi connectivity index (χ1) is 13.5. The van der Waals surface area contributed by atoms with Gasteiger partial charge in [0.05, 0.1) is 30.7 Å². The molecular weight excluding hydrogens is 360 g/mol. The molecule has 0 saturated heterocycles. The second kappa shape index (κ2) is 8.45. The average Bonchev–Trinajstić information content (AvgIpc) is 3.12. The molecule has 8 heteroatoms. The predicted molar refractivity (Wildman–Crippen MR) is 103 cm³/mol. The molecule has 0 saturated carbocycles. The number of ether oxygens (including phenoxy) is 2. The van der Waals surface area contributed by atoms with Crippen molar-refractivity contribution in [1.29, 1.82) is 0 Å². The fourth-order valence-electron chi connectivity index (χ4n) is 2.77. The van der Waals surface area contributed by atoms with E-state index >= 15 is 0 Å². The summed E-state index contributed by atoms with van der Waals surface area (Å²) >= 11 is 0. The second-order valence-electron chi connectivity index (χ2n) is 6.06. The molecule has 0 spiro atoms. The van der Waals surface area contributed by atoms with Crippen LogP contribution in [0.25, 0.3) is 5.69 Å². The van der Waals surface area contributed by atoms with Gasteiger partial charge in [-0.1, -0.05) is 29.5 Å². The maximum absolute atomic E-state index is 12.8. The number of nitrogens with one attached hydrogen (secondary N) is 1. The lowest BCUT2D eigenvalue weighted by molar-refractivity contribution is 0.0602. The molecule has 144 valence electrons. The largest absolute Gasteiger partial charge is 0.465 e. The summed E-state index contributed by atoms with van der Waals surface area (Å²) in [7, 11) is 2.81. The second-order valence-corrected chi connectivity index (χ2v) is 6.06. The van der Waals surface area contributed by atoms with Crippen LogP contribution in [0.4, 0.5) is 5.69 Å². The molecule has 1 amide bonds. The molecule has 1 N–H and O–H groups in total. The molecule has 0 unspecified atom stereocenters. The highest BCUT2D eigenvalue weighted by atomic mass is 16.5. The van der Waals surface area contributed by atoms with Crippen LogP contribution in [0.2, 0.25) is 0 Å². The zero-order valence-corrected chi connectivity index (χ0v) is 15.8.